The van der Waals surface area contributed by atoms with Gasteiger partial charge in [0.15, 0.2) is 5.78 Å². The van der Waals surface area contributed by atoms with Crippen molar-refractivity contribution >= 4 is 5.78 Å². The van der Waals surface area contributed by atoms with Crippen molar-refractivity contribution in [1.82, 2.24) is 0 Å². The van der Waals surface area contributed by atoms with Crippen LogP contribution in [0.15, 0.2) is 23.8 Å². The van der Waals surface area contributed by atoms with Gasteiger partial charge in [-0.2, -0.15) is 0 Å². The van der Waals surface area contributed by atoms with Crippen molar-refractivity contribution in [2.45, 2.75) is 46.0 Å². The smallest absolute Gasteiger partial charge is 0.155 e. The molecule has 1 N–H and O–H groups in total. The molecule has 0 saturated heterocycles. The number of allylic oxidation sites excluding steroid dienone is 4. The van der Waals surface area contributed by atoms with Gasteiger partial charge in [-0.15, -0.1) is 0 Å². The van der Waals surface area contributed by atoms with Crippen LogP contribution in [0.1, 0.15) is 46.0 Å². The Morgan fingerprint density at radius 3 is 2.89 bits per heavy atom. The minimum Gasteiger partial charge on any atom is -0.396 e. The fraction of sp³-hybridized carbons (Fsp3) is 0.706. The normalized spacial score (nSPS) is 45.4. The molecule has 0 bridgehead atoms. The molecule has 3 rings (SSSR count). The molecule has 1 saturated carbocycles. The van der Waals surface area contributed by atoms with Crippen LogP contribution in [0.5, 0.6) is 0 Å². The largest absolute Gasteiger partial charge is 0.396 e. The number of aliphatic hydroxyl groups excluding tert-OH is 1. The lowest BCUT2D eigenvalue weighted by molar-refractivity contribution is -0.116. The molecular formula is C17H24O2. The third-order valence-electron chi connectivity index (χ3n) is 5.97. The highest BCUT2D eigenvalue weighted by atomic mass is 16.3. The maximum Gasteiger partial charge on any atom is 0.155 e. The van der Waals surface area contributed by atoms with E-state index in [0.717, 1.165) is 12.8 Å². The summed E-state index contributed by atoms with van der Waals surface area (Å²) in [4.78, 5) is 11.6. The van der Waals surface area contributed by atoms with E-state index in [1.807, 2.05) is 6.08 Å². The lowest BCUT2D eigenvalue weighted by Crippen LogP contribution is -2.50. The molecule has 0 aromatic carbocycles. The van der Waals surface area contributed by atoms with Crippen molar-refractivity contribution in [3.63, 3.8) is 0 Å². The van der Waals surface area contributed by atoms with Gasteiger partial charge in [0.25, 0.3) is 0 Å². The first-order chi connectivity index (χ1) is 8.99. The minimum absolute atomic E-state index is 0.0104. The Kier molecular flexibility index (Phi) is 2.97. The van der Waals surface area contributed by atoms with E-state index < -0.39 is 0 Å². The van der Waals surface area contributed by atoms with Gasteiger partial charge in [-0.1, -0.05) is 32.4 Å². The first-order valence-electron chi connectivity index (χ1n) is 7.53. The van der Waals surface area contributed by atoms with Crippen LogP contribution < -0.4 is 0 Å². The Morgan fingerprint density at radius 2 is 2.16 bits per heavy atom. The van der Waals surface area contributed by atoms with Gasteiger partial charge in [-0.05, 0) is 53.6 Å². The summed E-state index contributed by atoms with van der Waals surface area (Å²) in [7, 11) is 0. The third kappa shape index (κ3) is 1.84. The van der Waals surface area contributed by atoms with E-state index in [9.17, 15) is 9.90 Å². The van der Waals surface area contributed by atoms with Crippen molar-refractivity contribution in [2.75, 3.05) is 6.61 Å². The molecule has 19 heavy (non-hydrogen) atoms. The maximum atomic E-state index is 11.6. The van der Waals surface area contributed by atoms with Crippen molar-refractivity contribution in [1.29, 1.82) is 0 Å². The van der Waals surface area contributed by atoms with Gasteiger partial charge in [-0.25, -0.2) is 0 Å². The van der Waals surface area contributed by atoms with Gasteiger partial charge in [0.2, 0.25) is 0 Å². The van der Waals surface area contributed by atoms with E-state index in [2.05, 4.69) is 26.0 Å². The molecular weight excluding hydrogens is 236 g/mol. The summed E-state index contributed by atoms with van der Waals surface area (Å²) in [5, 5.41) is 9.84. The summed E-state index contributed by atoms with van der Waals surface area (Å²) < 4.78 is 0. The molecule has 0 radical (unpaired) electrons. The van der Waals surface area contributed by atoms with Crippen molar-refractivity contribution in [3.05, 3.63) is 23.8 Å². The molecule has 0 spiro atoms. The first kappa shape index (κ1) is 13.1. The molecule has 4 atom stereocenters. The summed E-state index contributed by atoms with van der Waals surface area (Å²) in [6.07, 6.45) is 11.5. The Balaban J connectivity index is 2.05. The molecule has 0 aromatic heterocycles. The Labute approximate surface area is 115 Å². The molecule has 0 amide bonds. The summed E-state index contributed by atoms with van der Waals surface area (Å²) in [6, 6.07) is 0. The van der Waals surface area contributed by atoms with E-state index in [0.29, 0.717) is 18.3 Å². The molecule has 2 heteroatoms. The average Bonchev–Trinajstić information content (AvgIpc) is 2.38. The first-order valence-corrected chi connectivity index (χ1v) is 7.53. The molecule has 3 aliphatic carbocycles. The molecule has 104 valence electrons. The second-order valence-corrected chi connectivity index (χ2v) is 7.21. The number of carbonyl (C=O) groups is 1. The second-order valence-electron chi connectivity index (χ2n) is 7.21. The van der Waals surface area contributed by atoms with Crippen molar-refractivity contribution < 1.29 is 9.90 Å². The average molecular weight is 260 g/mol. The van der Waals surface area contributed by atoms with E-state index in [4.69, 9.17) is 0 Å². The van der Waals surface area contributed by atoms with E-state index in [1.165, 1.54) is 18.4 Å². The Morgan fingerprint density at radius 1 is 1.37 bits per heavy atom. The number of aliphatic hydroxyl groups is 1. The fourth-order valence-electron chi connectivity index (χ4n) is 4.89. The second kappa shape index (κ2) is 4.31. The van der Waals surface area contributed by atoms with Gasteiger partial charge in [0.1, 0.15) is 0 Å². The quantitative estimate of drug-likeness (QED) is 0.785. The summed E-state index contributed by atoms with van der Waals surface area (Å²) in [5.41, 5.74) is 1.46. The van der Waals surface area contributed by atoms with Gasteiger partial charge in [0.05, 0.1) is 0 Å². The molecule has 1 fully saturated rings. The predicted octanol–water partition coefficient (Wildman–Crippen LogP) is 3.27. The van der Waals surface area contributed by atoms with Crippen molar-refractivity contribution in [2.24, 2.45) is 22.7 Å². The van der Waals surface area contributed by atoms with Crippen LogP contribution in [-0.2, 0) is 4.79 Å². The van der Waals surface area contributed by atoms with Crippen LogP contribution in [-0.4, -0.2) is 17.5 Å². The summed E-state index contributed by atoms with van der Waals surface area (Å²) in [6.45, 7) is 4.87. The van der Waals surface area contributed by atoms with Gasteiger partial charge >= 0.3 is 0 Å². The van der Waals surface area contributed by atoms with Crippen molar-refractivity contribution in [3.8, 4) is 0 Å². The highest BCUT2D eigenvalue weighted by Crippen LogP contribution is 2.60. The van der Waals surface area contributed by atoms with Crippen LogP contribution in [0.3, 0.4) is 0 Å². The zero-order valence-electron chi connectivity index (χ0n) is 12.0. The molecule has 0 aromatic rings. The van der Waals surface area contributed by atoms with Crippen LogP contribution >= 0.6 is 0 Å². The number of ketones is 1. The number of hydrogen-bond donors (Lipinski definition) is 1. The number of carbonyl (C=O) groups excluding carboxylic acids is 1. The van der Waals surface area contributed by atoms with Crippen LogP contribution in [0.2, 0.25) is 0 Å². The summed E-state index contributed by atoms with van der Waals surface area (Å²) in [5.74, 6) is 1.22. The fourth-order valence-corrected chi connectivity index (χ4v) is 4.89. The third-order valence-corrected chi connectivity index (χ3v) is 5.97. The highest BCUT2D eigenvalue weighted by Gasteiger charge is 2.53. The van der Waals surface area contributed by atoms with Gasteiger partial charge in [0, 0.05) is 13.0 Å². The zero-order chi connectivity index (χ0) is 13.7. The van der Waals surface area contributed by atoms with Crippen LogP contribution in [0, 0.1) is 22.7 Å². The molecule has 0 heterocycles. The zero-order valence-corrected chi connectivity index (χ0v) is 12.0. The maximum absolute atomic E-state index is 11.6. The number of fused-ring (bicyclic) bond motifs is 3. The molecule has 3 aliphatic rings. The number of rotatable bonds is 1. The topological polar surface area (TPSA) is 37.3 Å². The minimum atomic E-state index is 0.0104. The molecule has 2 nitrogen and oxygen atoms in total. The Hall–Kier alpha value is -0.890. The number of hydrogen-bond acceptors (Lipinski definition) is 2. The Bertz CT molecular complexity index is 462. The van der Waals surface area contributed by atoms with E-state index in [1.54, 1.807) is 0 Å². The molecule has 0 aliphatic heterocycles. The van der Waals surface area contributed by atoms with Crippen LogP contribution in [0.25, 0.3) is 0 Å². The van der Waals surface area contributed by atoms with E-state index >= 15 is 0 Å². The van der Waals surface area contributed by atoms with Gasteiger partial charge in [-0.3, -0.25) is 4.79 Å². The molecule has 0 unspecified atom stereocenters. The lowest BCUT2D eigenvalue weighted by atomic mass is 9.48. The predicted molar refractivity (Wildman–Crippen MR) is 75.6 cm³/mol. The monoisotopic (exact) mass is 260 g/mol. The highest BCUT2D eigenvalue weighted by molar-refractivity contribution is 5.92. The van der Waals surface area contributed by atoms with E-state index in [-0.39, 0.29) is 23.2 Å². The summed E-state index contributed by atoms with van der Waals surface area (Å²) >= 11 is 0. The lowest BCUT2D eigenvalue weighted by Gasteiger charge is -2.56. The SMILES string of the molecule is C[C@@]1(CO)CCC[C@]2(C)[C@H]3CCC(=O)C=C3C=C[C@@H]12. The van der Waals surface area contributed by atoms with Crippen LogP contribution in [0.4, 0.5) is 0 Å². The standard InChI is InChI=1S/C17H24O2/c1-16(11-18)8-3-9-17(2)14-6-5-13(19)10-12(14)4-7-15(16)17/h4,7,10,14-15,18H,3,5-6,8-9,11H2,1-2H3/t14-,15-,16-,17+/m0/s1. The van der Waals surface area contributed by atoms with Gasteiger partial charge < -0.3 is 5.11 Å².